The van der Waals surface area contributed by atoms with Gasteiger partial charge in [0.05, 0.1) is 50.2 Å². The predicted octanol–water partition coefficient (Wildman–Crippen LogP) is 3.73. The van der Waals surface area contributed by atoms with Crippen LogP contribution in [0.15, 0.2) is 52.8 Å². The Hall–Kier alpha value is -3.38. The minimum Gasteiger partial charge on any atom is -0.593 e. The zero-order valence-corrected chi connectivity index (χ0v) is 19.7. The predicted molar refractivity (Wildman–Crippen MR) is 121 cm³/mol. The van der Waals surface area contributed by atoms with Gasteiger partial charge in [0, 0.05) is 0 Å². The Morgan fingerprint density at radius 3 is 2.61 bits per heavy atom. The molecular weight excluding hydrogens is 451 g/mol. The summed E-state index contributed by atoms with van der Waals surface area (Å²) >= 11 is -1.60. The van der Waals surface area contributed by atoms with E-state index in [2.05, 4.69) is 24.9 Å². The first-order valence-corrected chi connectivity index (χ1v) is 11.3. The lowest BCUT2D eigenvalue weighted by molar-refractivity contribution is 0.278. The number of hydrogen-bond donors (Lipinski definition) is 1. The van der Waals surface area contributed by atoms with Crippen LogP contribution in [0.25, 0.3) is 17.3 Å². The molecule has 2 unspecified atom stereocenters. The fourth-order valence-corrected chi connectivity index (χ4v) is 4.06. The van der Waals surface area contributed by atoms with Crippen LogP contribution in [0.3, 0.4) is 0 Å². The van der Waals surface area contributed by atoms with Crippen molar-refractivity contribution in [2.24, 2.45) is 0 Å². The number of methoxy groups -OCH3 is 2. The summed E-state index contributed by atoms with van der Waals surface area (Å²) in [5.41, 5.74) is 0.508. The minimum atomic E-state index is -1.60. The van der Waals surface area contributed by atoms with Gasteiger partial charge in [-0.1, -0.05) is 6.92 Å². The molecule has 0 amide bonds. The summed E-state index contributed by atoms with van der Waals surface area (Å²) in [5, 5.41) is 8.42. The number of aromatic nitrogens is 5. The fraction of sp³-hybridized carbons (Fsp3) is 0.333. The lowest BCUT2D eigenvalue weighted by Crippen LogP contribution is -2.24. The van der Waals surface area contributed by atoms with Crippen molar-refractivity contribution >= 4 is 23.0 Å². The van der Waals surface area contributed by atoms with E-state index in [4.69, 9.17) is 13.9 Å². The molecule has 0 bridgehead atoms. The van der Waals surface area contributed by atoms with Crippen LogP contribution in [-0.2, 0) is 20.8 Å². The lowest BCUT2D eigenvalue weighted by atomic mass is 10.2. The van der Waals surface area contributed by atoms with Crippen molar-refractivity contribution in [3.63, 3.8) is 0 Å². The molecule has 12 heteroatoms. The third-order valence-corrected chi connectivity index (χ3v) is 5.88. The Bertz CT molecular complexity index is 1110. The van der Waals surface area contributed by atoms with Gasteiger partial charge in [0.25, 0.3) is 5.95 Å². The Kier molecular flexibility index (Phi) is 8.06. The van der Waals surface area contributed by atoms with Crippen LogP contribution in [0.2, 0.25) is 0 Å². The number of hydrogen-bond acceptors (Lipinski definition) is 9. The van der Waals surface area contributed by atoms with Crippen LogP contribution in [0.1, 0.15) is 32.5 Å². The lowest BCUT2D eigenvalue weighted by Gasteiger charge is -2.19. The molecule has 0 aliphatic rings. The maximum Gasteiger partial charge on any atom is 0.271 e. The van der Waals surface area contributed by atoms with Crippen molar-refractivity contribution in [3.05, 3.63) is 60.0 Å². The second-order valence-electron chi connectivity index (χ2n) is 6.90. The van der Waals surface area contributed by atoms with Gasteiger partial charge in [-0.15, -0.1) is 10.2 Å². The standard InChI is InChI=1S/C21H25FN6O4S/c1-6-16(31-5)18(14(3)30-4)28-20(17-8-7-9-32-17)25-26-21(28)27-33(29)12-13(2)19-23-10-15(22)11-24-19/h6-11,13H,12H2,1-5H3,(H,26,27)/b16-6+,18-14-. The van der Waals surface area contributed by atoms with E-state index in [1.54, 1.807) is 36.6 Å². The van der Waals surface area contributed by atoms with Gasteiger partial charge >= 0.3 is 0 Å². The molecule has 2 atom stereocenters. The summed E-state index contributed by atoms with van der Waals surface area (Å²) in [7, 11) is 3.07. The van der Waals surface area contributed by atoms with Crippen LogP contribution in [0.5, 0.6) is 0 Å². The maximum absolute atomic E-state index is 13.1. The molecule has 3 aromatic rings. The molecule has 0 aliphatic heterocycles. The average Bonchev–Trinajstić information content (AvgIpc) is 3.47. The molecule has 0 aromatic carbocycles. The molecule has 1 N–H and O–H groups in total. The summed E-state index contributed by atoms with van der Waals surface area (Å²) in [6.07, 6.45) is 5.44. The van der Waals surface area contributed by atoms with Gasteiger partial charge in [-0.3, -0.25) is 0 Å². The Balaban J connectivity index is 1.97. The van der Waals surface area contributed by atoms with Crippen molar-refractivity contribution in [2.45, 2.75) is 26.7 Å². The van der Waals surface area contributed by atoms with Crippen LogP contribution in [0, 0.1) is 5.82 Å². The average molecular weight is 477 g/mol. The first-order chi connectivity index (χ1) is 15.9. The summed E-state index contributed by atoms with van der Waals surface area (Å²) < 4.78 is 47.1. The Morgan fingerprint density at radius 2 is 2.03 bits per heavy atom. The van der Waals surface area contributed by atoms with E-state index in [0.29, 0.717) is 34.6 Å². The highest BCUT2D eigenvalue weighted by Crippen LogP contribution is 2.32. The van der Waals surface area contributed by atoms with Crippen molar-refractivity contribution < 1.29 is 22.8 Å². The van der Waals surface area contributed by atoms with Gasteiger partial charge < -0.3 is 18.4 Å². The summed E-state index contributed by atoms with van der Waals surface area (Å²) in [6, 6.07) is 3.46. The number of ether oxygens (including phenoxy) is 2. The molecule has 0 saturated heterocycles. The number of halogens is 1. The first-order valence-electron chi connectivity index (χ1n) is 9.97. The molecule has 0 fully saturated rings. The van der Waals surface area contributed by atoms with Crippen LogP contribution >= 0.6 is 0 Å². The number of nitrogens with zero attached hydrogens (tertiary/aromatic N) is 5. The Morgan fingerprint density at radius 1 is 1.30 bits per heavy atom. The van der Waals surface area contributed by atoms with E-state index in [-0.39, 0.29) is 17.6 Å². The van der Waals surface area contributed by atoms with Crippen LogP contribution in [-0.4, -0.2) is 49.3 Å². The van der Waals surface area contributed by atoms with Crippen molar-refractivity contribution in [2.75, 3.05) is 24.7 Å². The highest BCUT2D eigenvalue weighted by Gasteiger charge is 2.27. The summed E-state index contributed by atoms with van der Waals surface area (Å²) in [4.78, 5) is 7.92. The third-order valence-electron chi connectivity index (χ3n) is 4.67. The SMILES string of the molecule is C/C=C(OC)\C(=C(/C)OC)n1c(N[S+]([O-])CC(C)c2ncc(F)cn2)nnc1-c1ccco1. The third kappa shape index (κ3) is 5.52. The number of allylic oxidation sites excluding steroid dienone is 3. The smallest absolute Gasteiger partial charge is 0.271 e. The highest BCUT2D eigenvalue weighted by molar-refractivity contribution is 7.92. The fourth-order valence-electron chi connectivity index (χ4n) is 3.04. The molecule has 0 aliphatic carbocycles. The molecule has 10 nitrogen and oxygen atoms in total. The zero-order chi connectivity index (χ0) is 24.0. The van der Waals surface area contributed by atoms with Gasteiger partial charge in [-0.2, -0.15) is 4.72 Å². The first kappa shape index (κ1) is 24.3. The van der Waals surface area contributed by atoms with E-state index in [9.17, 15) is 8.94 Å². The van der Waals surface area contributed by atoms with E-state index in [0.717, 1.165) is 12.4 Å². The van der Waals surface area contributed by atoms with E-state index >= 15 is 0 Å². The van der Waals surface area contributed by atoms with Gasteiger partial charge in [0.1, 0.15) is 28.8 Å². The van der Waals surface area contributed by atoms with Crippen molar-refractivity contribution in [1.82, 2.24) is 24.7 Å². The Labute approximate surface area is 193 Å². The molecule has 3 rings (SSSR count). The molecule has 0 radical (unpaired) electrons. The van der Waals surface area contributed by atoms with Gasteiger partial charge in [-0.25, -0.2) is 18.9 Å². The number of furan rings is 1. The van der Waals surface area contributed by atoms with Gasteiger partial charge in [0.15, 0.2) is 11.6 Å². The minimum absolute atomic E-state index is 0.150. The molecular formula is C21H25FN6O4S. The molecule has 3 heterocycles. The molecule has 0 spiro atoms. The number of nitrogens with one attached hydrogen (secondary N) is 1. The normalized spacial score (nSPS) is 14.5. The van der Waals surface area contributed by atoms with Gasteiger partial charge in [0.2, 0.25) is 5.82 Å². The topological polar surface area (TPSA) is 123 Å². The van der Waals surface area contributed by atoms with Crippen molar-refractivity contribution in [1.29, 1.82) is 0 Å². The number of anilines is 1. The quantitative estimate of drug-likeness (QED) is 0.265. The highest BCUT2D eigenvalue weighted by atomic mass is 32.2. The van der Waals surface area contributed by atoms with Crippen LogP contribution in [0.4, 0.5) is 10.3 Å². The molecule has 33 heavy (non-hydrogen) atoms. The molecule has 3 aromatic heterocycles. The summed E-state index contributed by atoms with van der Waals surface area (Å²) in [5.74, 6) is 1.70. The molecule has 0 saturated carbocycles. The number of rotatable bonds is 10. The van der Waals surface area contributed by atoms with E-state index in [1.165, 1.54) is 20.5 Å². The van der Waals surface area contributed by atoms with E-state index in [1.807, 2.05) is 6.92 Å². The molecule has 176 valence electrons. The zero-order valence-electron chi connectivity index (χ0n) is 18.9. The summed E-state index contributed by atoms with van der Waals surface area (Å²) in [6.45, 7) is 5.38. The monoisotopic (exact) mass is 476 g/mol. The van der Waals surface area contributed by atoms with Crippen LogP contribution < -0.4 is 4.72 Å². The largest absolute Gasteiger partial charge is 0.593 e. The second kappa shape index (κ2) is 11.0. The van der Waals surface area contributed by atoms with Gasteiger partial charge in [-0.05, 0) is 32.1 Å². The second-order valence-corrected chi connectivity index (χ2v) is 8.13. The van der Waals surface area contributed by atoms with Crippen molar-refractivity contribution in [3.8, 4) is 11.6 Å². The van der Waals surface area contributed by atoms with E-state index < -0.39 is 17.2 Å². The maximum atomic E-state index is 13.1.